The predicted molar refractivity (Wildman–Crippen MR) is 80.2 cm³/mol. The molecule has 1 aromatic carbocycles. The minimum Gasteiger partial charge on any atom is -0.423 e. The summed E-state index contributed by atoms with van der Waals surface area (Å²) in [6, 6.07) is 8.53. The van der Waals surface area contributed by atoms with E-state index in [4.69, 9.17) is 10.2 Å². The molecule has 0 radical (unpaired) electrons. The Kier molecular flexibility index (Phi) is 3.18. The Hall–Kier alpha value is -2.67. The van der Waals surface area contributed by atoms with Gasteiger partial charge in [-0.3, -0.25) is 5.43 Å². The number of thiazole rings is 1. The van der Waals surface area contributed by atoms with Crippen LogP contribution >= 0.6 is 11.3 Å². The largest absolute Gasteiger partial charge is 0.423 e. The molecule has 0 amide bonds. The number of hydrogen-bond donors (Lipinski definition) is 2. The van der Waals surface area contributed by atoms with Gasteiger partial charge in [0, 0.05) is 16.8 Å². The number of rotatable bonds is 3. The van der Waals surface area contributed by atoms with Gasteiger partial charge in [-0.25, -0.2) is 9.78 Å². The van der Waals surface area contributed by atoms with Crippen molar-refractivity contribution >= 4 is 39.5 Å². The van der Waals surface area contributed by atoms with Crippen molar-refractivity contribution in [3.63, 3.8) is 0 Å². The Morgan fingerprint density at radius 2 is 2.25 bits per heavy atom. The van der Waals surface area contributed by atoms with Crippen LogP contribution in [-0.4, -0.2) is 11.2 Å². The van der Waals surface area contributed by atoms with Crippen molar-refractivity contribution < 1.29 is 4.42 Å². The summed E-state index contributed by atoms with van der Waals surface area (Å²) >= 11 is 1.38. The molecule has 2 heterocycles. The van der Waals surface area contributed by atoms with Crippen LogP contribution in [-0.2, 0) is 0 Å². The van der Waals surface area contributed by atoms with Gasteiger partial charge in [-0.15, -0.1) is 11.3 Å². The van der Waals surface area contributed by atoms with E-state index >= 15 is 0 Å². The van der Waals surface area contributed by atoms with E-state index in [9.17, 15) is 4.79 Å². The van der Waals surface area contributed by atoms with Gasteiger partial charge in [0.25, 0.3) is 0 Å². The number of fused-ring (bicyclic) bond motifs is 1. The summed E-state index contributed by atoms with van der Waals surface area (Å²) in [6.07, 6.45) is 1.65. The standard InChI is InChI=1S/C13H10N4O2S/c14-11-7-20-13(16-11)17-15-6-8-1-3-10-9(5-8)2-4-12(18)19-10/h1-7H,14H2,(H,16,17). The minimum atomic E-state index is -0.359. The molecule has 7 heteroatoms. The second kappa shape index (κ2) is 5.14. The highest BCUT2D eigenvalue weighted by atomic mass is 32.1. The maximum absolute atomic E-state index is 11.1. The molecule has 6 nitrogen and oxygen atoms in total. The number of aromatic nitrogens is 1. The first-order chi connectivity index (χ1) is 9.70. The highest BCUT2D eigenvalue weighted by Crippen LogP contribution is 2.16. The van der Waals surface area contributed by atoms with Gasteiger partial charge in [0.15, 0.2) is 0 Å². The zero-order chi connectivity index (χ0) is 13.9. The van der Waals surface area contributed by atoms with E-state index in [1.54, 1.807) is 23.7 Å². The summed E-state index contributed by atoms with van der Waals surface area (Å²) in [7, 11) is 0. The fraction of sp³-hybridized carbons (Fsp3) is 0. The second-order valence-electron chi connectivity index (χ2n) is 4.00. The molecule has 0 spiro atoms. The molecule has 3 N–H and O–H groups in total. The van der Waals surface area contributed by atoms with Gasteiger partial charge in [0.1, 0.15) is 11.4 Å². The van der Waals surface area contributed by atoms with Gasteiger partial charge in [0.2, 0.25) is 5.13 Å². The number of hydrogen-bond acceptors (Lipinski definition) is 7. The van der Waals surface area contributed by atoms with Gasteiger partial charge in [0.05, 0.1) is 6.21 Å². The van der Waals surface area contributed by atoms with Crippen molar-refractivity contribution in [1.29, 1.82) is 0 Å². The topological polar surface area (TPSA) is 93.5 Å². The van der Waals surface area contributed by atoms with Gasteiger partial charge in [-0.05, 0) is 29.8 Å². The zero-order valence-electron chi connectivity index (χ0n) is 10.2. The number of nitrogens with zero attached hydrogens (tertiary/aromatic N) is 2. The molecule has 0 bridgehead atoms. The Bertz CT molecular complexity index is 838. The summed E-state index contributed by atoms with van der Waals surface area (Å²) in [6.45, 7) is 0. The Balaban J connectivity index is 1.80. The summed E-state index contributed by atoms with van der Waals surface area (Å²) in [4.78, 5) is 15.1. The van der Waals surface area contributed by atoms with Gasteiger partial charge < -0.3 is 10.2 Å². The van der Waals surface area contributed by atoms with Crippen LogP contribution in [0.5, 0.6) is 0 Å². The predicted octanol–water partition coefficient (Wildman–Crippen LogP) is 2.28. The molecule has 3 aromatic rings. The van der Waals surface area contributed by atoms with Crippen molar-refractivity contribution in [2.24, 2.45) is 5.10 Å². The van der Waals surface area contributed by atoms with E-state index in [1.807, 2.05) is 12.1 Å². The quantitative estimate of drug-likeness (QED) is 0.437. The number of nitrogens with two attached hydrogens (primary N) is 1. The Morgan fingerprint density at radius 1 is 1.35 bits per heavy atom. The molecular weight excluding hydrogens is 276 g/mol. The Morgan fingerprint density at radius 3 is 3.05 bits per heavy atom. The molecule has 0 atom stereocenters. The van der Waals surface area contributed by atoms with Gasteiger partial charge >= 0.3 is 5.63 Å². The van der Waals surface area contributed by atoms with Gasteiger partial charge in [-0.1, -0.05) is 0 Å². The van der Waals surface area contributed by atoms with E-state index in [2.05, 4.69) is 15.5 Å². The van der Waals surface area contributed by atoms with Crippen LogP contribution in [0.4, 0.5) is 10.9 Å². The molecule has 3 rings (SSSR count). The zero-order valence-corrected chi connectivity index (χ0v) is 11.1. The maximum atomic E-state index is 11.1. The third-order valence-corrected chi connectivity index (χ3v) is 3.30. The lowest BCUT2D eigenvalue weighted by molar-refractivity contribution is 0.561. The normalized spacial score (nSPS) is 11.2. The summed E-state index contributed by atoms with van der Waals surface area (Å²) < 4.78 is 5.06. The van der Waals surface area contributed by atoms with Crippen LogP contribution in [0.15, 0.2) is 50.0 Å². The lowest BCUT2D eigenvalue weighted by Crippen LogP contribution is -1.95. The van der Waals surface area contributed by atoms with E-state index in [0.29, 0.717) is 16.5 Å². The molecule has 0 aliphatic carbocycles. The molecule has 0 saturated carbocycles. The minimum absolute atomic E-state index is 0.359. The first kappa shape index (κ1) is 12.4. The number of benzene rings is 1. The average Bonchev–Trinajstić information content (AvgIpc) is 2.85. The average molecular weight is 286 g/mol. The molecule has 0 fully saturated rings. The summed E-state index contributed by atoms with van der Waals surface area (Å²) in [5.41, 5.74) is 9.37. The van der Waals surface area contributed by atoms with E-state index in [1.165, 1.54) is 17.4 Å². The third-order valence-electron chi connectivity index (χ3n) is 2.54. The number of nitrogen functional groups attached to an aromatic ring is 1. The molecule has 2 aromatic heterocycles. The van der Waals surface area contributed by atoms with E-state index in [-0.39, 0.29) is 5.63 Å². The molecule has 0 unspecified atom stereocenters. The monoisotopic (exact) mass is 286 g/mol. The number of hydrazone groups is 1. The number of anilines is 2. The third kappa shape index (κ3) is 2.67. The van der Waals surface area contributed by atoms with Crippen LogP contribution in [0, 0.1) is 0 Å². The van der Waals surface area contributed by atoms with Crippen molar-refractivity contribution in [2.75, 3.05) is 11.2 Å². The van der Waals surface area contributed by atoms with Crippen LogP contribution in [0.2, 0.25) is 0 Å². The van der Waals surface area contributed by atoms with E-state index in [0.717, 1.165) is 10.9 Å². The van der Waals surface area contributed by atoms with Crippen molar-refractivity contribution in [2.45, 2.75) is 0 Å². The first-order valence-corrected chi connectivity index (χ1v) is 6.63. The maximum Gasteiger partial charge on any atom is 0.336 e. The lowest BCUT2D eigenvalue weighted by atomic mass is 10.1. The molecule has 0 aliphatic heterocycles. The van der Waals surface area contributed by atoms with Crippen molar-refractivity contribution in [3.05, 3.63) is 51.7 Å². The molecule has 100 valence electrons. The molecule has 0 aliphatic rings. The van der Waals surface area contributed by atoms with Crippen LogP contribution in [0.25, 0.3) is 11.0 Å². The Labute approximate surface area is 117 Å². The van der Waals surface area contributed by atoms with Crippen LogP contribution in [0.3, 0.4) is 0 Å². The van der Waals surface area contributed by atoms with Gasteiger partial charge in [-0.2, -0.15) is 5.10 Å². The summed E-state index contributed by atoms with van der Waals surface area (Å²) in [5.74, 6) is 0.466. The highest BCUT2D eigenvalue weighted by Gasteiger charge is 1.98. The SMILES string of the molecule is Nc1csc(NN=Cc2ccc3oc(=O)ccc3c2)n1. The smallest absolute Gasteiger partial charge is 0.336 e. The second-order valence-corrected chi connectivity index (χ2v) is 4.86. The molecule has 0 saturated heterocycles. The van der Waals surface area contributed by atoms with Crippen LogP contribution in [0.1, 0.15) is 5.56 Å². The lowest BCUT2D eigenvalue weighted by Gasteiger charge is -1.97. The van der Waals surface area contributed by atoms with Crippen LogP contribution < -0.4 is 16.8 Å². The van der Waals surface area contributed by atoms with Crippen molar-refractivity contribution in [1.82, 2.24) is 4.98 Å². The number of nitrogens with one attached hydrogen (secondary N) is 1. The molecule has 20 heavy (non-hydrogen) atoms. The van der Waals surface area contributed by atoms with E-state index < -0.39 is 0 Å². The summed E-state index contributed by atoms with van der Waals surface area (Å²) in [5, 5.41) is 7.28. The van der Waals surface area contributed by atoms with Crippen molar-refractivity contribution in [3.8, 4) is 0 Å². The fourth-order valence-corrected chi connectivity index (χ4v) is 2.22. The fourth-order valence-electron chi connectivity index (χ4n) is 1.67. The first-order valence-electron chi connectivity index (χ1n) is 5.75. The molecular formula is C13H10N4O2S. The highest BCUT2D eigenvalue weighted by molar-refractivity contribution is 7.14.